The van der Waals surface area contributed by atoms with E-state index in [-0.39, 0.29) is 11.9 Å². The Morgan fingerprint density at radius 1 is 1.23 bits per heavy atom. The molecule has 0 fully saturated rings. The molecule has 0 aliphatic heterocycles. The third-order valence-electron chi connectivity index (χ3n) is 4.79. The van der Waals surface area contributed by atoms with Crippen molar-refractivity contribution in [3.63, 3.8) is 0 Å². The summed E-state index contributed by atoms with van der Waals surface area (Å²) in [5.74, 6) is 1.33. The minimum absolute atomic E-state index is 0.0592. The van der Waals surface area contributed by atoms with E-state index in [1.165, 1.54) is 11.1 Å². The Bertz CT molecular complexity index is 918. The number of fused-ring (bicyclic) bond motifs is 1. The Morgan fingerprint density at radius 2 is 2.08 bits per heavy atom. The number of rotatable bonds is 5. The van der Waals surface area contributed by atoms with E-state index < -0.39 is 0 Å². The highest BCUT2D eigenvalue weighted by Gasteiger charge is 2.24. The normalized spacial score (nSPS) is 15.7. The van der Waals surface area contributed by atoms with E-state index in [1.54, 1.807) is 0 Å². The molecule has 5 nitrogen and oxygen atoms in total. The summed E-state index contributed by atoms with van der Waals surface area (Å²) in [4.78, 5) is 16.8. The van der Waals surface area contributed by atoms with Crippen LogP contribution in [0, 0.1) is 0 Å². The molecule has 1 amide bonds. The fraction of sp³-hybridized carbons (Fsp3) is 0.286. The lowest BCUT2D eigenvalue weighted by Gasteiger charge is -2.14. The number of hydrogen-bond donors (Lipinski definition) is 1. The summed E-state index contributed by atoms with van der Waals surface area (Å²) in [6.07, 6.45) is 3.00. The van der Waals surface area contributed by atoms with Crippen molar-refractivity contribution < 1.29 is 9.32 Å². The van der Waals surface area contributed by atoms with Gasteiger partial charge in [0.2, 0.25) is 17.6 Å². The van der Waals surface area contributed by atoms with Gasteiger partial charge in [-0.25, -0.2) is 0 Å². The maximum atomic E-state index is 12.4. The van der Waals surface area contributed by atoms with E-state index in [4.69, 9.17) is 4.52 Å². The predicted molar refractivity (Wildman–Crippen MR) is 98.5 cm³/mol. The Hall–Kier alpha value is -2.95. The molecule has 1 heterocycles. The second-order valence-electron chi connectivity index (χ2n) is 6.60. The fourth-order valence-electron chi connectivity index (χ4n) is 3.45. The zero-order valence-corrected chi connectivity index (χ0v) is 14.7. The Morgan fingerprint density at radius 3 is 2.85 bits per heavy atom. The van der Waals surface area contributed by atoms with Crippen LogP contribution in [0.2, 0.25) is 0 Å². The van der Waals surface area contributed by atoms with Crippen LogP contribution < -0.4 is 5.32 Å². The molecule has 1 aliphatic carbocycles. The van der Waals surface area contributed by atoms with E-state index in [1.807, 2.05) is 43.3 Å². The molecule has 0 saturated carbocycles. The van der Waals surface area contributed by atoms with Crippen LogP contribution in [0.15, 0.2) is 53.1 Å². The summed E-state index contributed by atoms with van der Waals surface area (Å²) in [5.41, 5.74) is 4.43. The molecule has 0 spiro atoms. The number of carbonyl (C=O) groups is 1. The molecule has 5 heteroatoms. The zero-order chi connectivity index (χ0) is 17.9. The second-order valence-corrected chi connectivity index (χ2v) is 6.60. The Labute approximate surface area is 152 Å². The first-order chi connectivity index (χ1) is 12.7. The highest BCUT2D eigenvalue weighted by Crippen LogP contribution is 2.33. The van der Waals surface area contributed by atoms with Crippen LogP contribution in [-0.4, -0.2) is 16.0 Å². The molecule has 1 aliphatic rings. The highest BCUT2D eigenvalue weighted by molar-refractivity contribution is 5.79. The third-order valence-corrected chi connectivity index (χ3v) is 4.79. The minimum atomic E-state index is 0.0592. The Balaban J connectivity index is 1.47. The van der Waals surface area contributed by atoms with Gasteiger partial charge in [0.1, 0.15) is 0 Å². The van der Waals surface area contributed by atoms with Crippen molar-refractivity contribution in [3.05, 3.63) is 71.1 Å². The topological polar surface area (TPSA) is 68.0 Å². The average molecular weight is 347 g/mol. The van der Waals surface area contributed by atoms with Crippen molar-refractivity contribution >= 4 is 5.91 Å². The number of amides is 1. The maximum Gasteiger partial charge on any atom is 0.226 e. The molecular formula is C21H21N3O2. The molecule has 26 heavy (non-hydrogen) atoms. The summed E-state index contributed by atoms with van der Waals surface area (Å²) in [6, 6.07) is 16.1. The number of nitrogens with one attached hydrogen (secondary N) is 1. The van der Waals surface area contributed by atoms with Gasteiger partial charge < -0.3 is 9.84 Å². The fourth-order valence-corrected chi connectivity index (χ4v) is 3.45. The lowest BCUT2D eigenvalue weighted by Crippen LogP contribution is -2.28. The molecule has 1 aromatic heterocycles. The summed E-state index contributed by atoms with van der Waals surface area (Å²) in [5, 5.41) is 7.21. The number of benzene rings is 2. The standard InChI is InChI=1S/C21H21N3O2/c1-2-20-23-21(24-26-20)16-8-10-17-15(13-16)9-11-18(17)22-19(25)12-14-6-4-3-5-7-14/h3-8,10,13,18H,2,9,11-12H2,1H3,(H,22,25). The lowest BCUT2D eigenvalue weighted by atomic mass is 10.0. The molecule has 132 valence electrons. The van der Waals surface area contributed by atoms with E-state index in [2.05, 4.69) is 27.6 Å². The molecular weight excluding hydrogens is 326 g/mol. The van der Waals surface area contributed by atoms with Gasteiger partial charge in [0.05, 0.1) is 12.5 Å². The molecule has 0 bridgehead atoms. The number of hydrogen-bond acceptors (Lipinski definition) is 4. The maximum absolute atomic E-state index is 12.4. The molecule has 0 radical (unpaired) electrons. The van der Waals surface area contributed by atoms with E-state index in [0.717, 1.165) is 30.4 Å². The van der Waals surface area contributed by atoms with Gasteiger partial charge in [-0.3, -0.25) is 4.79 Å². The van der Waals surface area contributed by atoms with Crippen LogP contribution in [0.3, 0.4) is 0 Å². The molecule has 1 N–H and O–H groups in total. The smallest absolute Gasteiger partial charge is 0.226 e. The summed E-state index contributed by atoms with van der Waals surface area (Å²) >= 11 is 0. The first-order valence-electron chi connectivity index (χ1n) is 9.02. The second kappa shape index (κ2) is 7.12. The van der Waals surface area contributed by atoms with Gasteiger partial charge in [-0.1, -0.05) is 54.5 Å². The van der Waals surface area contributed by atoms with Gasteiger partial charge in [-0.15, -0.1) is 0 Å². The first-order valence-corrected chi connectivity index (χ1v) is 9.02. The van der Waals surface area contributed by atoms with Crippen LogP contribution in [0.25, 0.3) is 11.4 Å². The summed E-state index contributed by atoms with van der Waals surface area (Å²) in [7, 11) is 0. The molecule has 1 unspecified atom stereocenters. The third kappa shape index (κ3) is 3.38. The van der Waals surface area contributed by atoms with E-state index >= 15 is 0 Å². The Kier molecular flexibility index (Phi) is 4.52. The molecule has 2 aromatic carbocycles. The molecule has 3 aromatic rings. The largest absolute Gasteiger partial charge is 0.349 e. The van der Waals surface area contributed by atoms with Crippen LogP contribution in [0.1, 0.15) is 42.0 Å². The average Bonchev–Trinajstić information content (AvgIpc) is 3.29. The summed E-state index contributed by atoms with van der Waals surface area (Å²) < 4.78 is 5.20. The molecule has 0 saturated heterocycles. The first kappa shape index (κ1) is 16.5. The van der Waals surface area contributed by atoms with Crippen LogP contribution in [0.4, 0.5) is 0 Å². The van der Waals surface area contributed by atoms with Gasteiger partial charge in [-0.2, -0.15) is 4.98 Å². The minimum Gasteiger partial charge on any atom is -0.349 e. The monoisotopic (exact) mass is 347 g/mol. The quantitative estimate of drug-likeness (QED) is 0.765. The molecule has 4 rings (SSSR count). The van der Waals surface area contributed by atoms with Gasteiger partial charge in [0.15, 0.2) is 0 Å². The van der Waals surface area contributed by atoms with E-state index in [0.29, 0.717) is 18.1 Å². The SMILES string of the molecule is CCc1nc(-c2ccc3c(c2)CCC3NC(=O)Cc2ccccc2)no1. The van der Waals surface area contributed by atoms with Gasteiger partial charge in [0.25, 0.3) is 0 Å². The number of aryl methyl sites for hydroxylation is 2. The number of aromatic nitrogens is 2. The zero-order valence-electron chi connectivity index (χ0n) is 14.7. The number of carbonyl (C=O) groups excluding carboxylic acids is 1. The van der Waals surface area contributed by atoms with Crippen LogP contribution in [0.5, 0.6) is 0 Å². The predicted octanol–water partition coefficient (Wildman–Crippen LogP) is 3.65. The summed E-state index contributed by atoms with van der Waals surface area (Å²) in [6.45, 7) is 1.99. The molecule has 1 atom stereocenters. The van der Waals surface area contributed by atoms with Gasteiger partial charge in [0, 0.05) is 12.0 Å². The van der Waals surface area contributed by atoms with Crippen molar-refractivity contribution in [1.82, 2.24) is 15.5 Å². The van der Waals surface area contributed by atoms with Gasteiger partial charge >= 0.3 is 0 Å². The van der Waals surface area contributed by atoms with Crippen molar-refractivity contribution in [2.45, 2.75) is 38.6 Å². The highest BCUT2D eigenvalue weighted by atomic mass is 16.5. The van der Waals surface area contributed by atoms with Crippen LogP contribution in [-0.2, 0) is 24.1 Å². The van der Waals surface area contributed by atoms with Crippen molar-refractivity contribution in [2.24, 2.45) is 0 Å². The van der Waals surface area contributed by atoms with Crippen molar-refractivity contribution in [3.8, 4) is 11.4 Å². The number of nitrogens with zero attached hydrogens (tertiary/aromatic N) is 2. The van der Waals surface area contributed by atoms with Crippen molar-refractivity contribution in [2.75, 3.05) is 0 Å². The van der Waals surface area contributed by atoms with Crippen LogP contribution >= 0.6 is 0 Å². The van der Waals surface area contributed by atoms with Crippen molar-refractivity contribution in [1.29, 1.82) is 0 Å². The van der Waals surface area contributed by atoms with Gasteiger partial charge in [-0.05, 0) is 35.6 Å². The van der Waals surface area contributed by atoms with E-state index in [9.17, 15) is 4.79 Å². The lowest BCUT2D eigenvalue weighted by molar-refractivity contribution is -0.121.